The molecule has 0 aliphatic heterocycles. The monoisotopic (exact) mass is 460 g/mol. The van der Waals surface area contributed by atoms with E-state index in [-0.39, 0.29) is 5.56 Å². The fourth-order valence-electron chi connectivity index (χ4n) is 3.40. The summed E-state index contributed by atoms with van der Waals surface area (Å²) in [5, 5.41) is 14.7. The van der Waals surface area contributed by atoms with Crippen LogP contribution in [0.2, 0.25) is 0 Å². The Morgan fingerprint density at radius 1 is 0.969 bits per heavy atom. The zero-order valence-corrected chi connectivity index (χ0v) is 19.4. The lowest BCUT2D eigenvalue weighted by molar-refractivity contribution is 0.868. The van der Waals surface area contributed by atoms with Crippen LogP contribution in [-0.2, 0) is 5.75 Å². The fraction of sp³-hybridized carbons (Fsp3) is 0.174. The van der Waals surface area contributed by atoms with E-state index < -0.39 is 0 Å². The molecule has 0 amide bonds. The molecule has 0 atom stereocenters. The third-order valence-electron chi connectivity index (χ3n) is 5.16. The summed E-state index contributed by atoms with van der Waals surface area (Å²) < 4.78 is 3.41. The van der Waals surface area contributed by atoms with E-state index in [1.165, 1.54) is 44.8 Å². The number of thioether (sulfide) groups is 1. The largest absolute Gasteiger partial charge is 0.275 e. The Hall–Kier alpha value is -3.30. The number of hydrogen-bond acceptors (Lipinski definition) is 7. The molecule has 5 rings (SSSR count). The fourth-order valence-corrected chi connectivity index (χ4v) is 5.01. The standard InChI is InChI=1S/C23H20N6OS2/c1-14-9-10-19(11-15(14)2)28-21(17-7-5-4-6-8-17)25-26-23(28)31-13-18-12-20(30)29-22(24-18)32-16(3)27-29/h4-12H,13H2,1-3H3. The van der Waals surface area contributed by atoms with Crippen molar-refractivity contribution in [3.8, 4) is 17.1 Å². The summed E-state index contributed by atoms with van der Waals surface area (Å²) in [6.45, 7) is 6.06. The summed E-state index contributed by atoms with van der Waals surface area (Å²) in [4.78, 5) is 17.6. The van der Waals surface area contributed by atoms with E-state index >= 15 is 0 Å². The first-order chi connectivity index (χ1) is 15.5. The number of benzene rings is 2. The van der Waals surface area contributed by atoms with Crippen LogP contribution in [-0.4, -0.2) is 29.4 Å². The van der Waals surface area contributed by atoms with E-state index in [0.717, 1.165) is 27.2 Å². The molecular weight excluding hydrogens is 440 g/mol. The van der Waals surface area contributed by atoms with Crippen molar-refractivity contribution in [1.29, 1.82) is 0 Å². The van der Waals surface area contributed by atoms with Crippen LogP contribution in [0.3, 0.4) is 0 Å². The molecule has 0 spiro atoms. The highest BCUT2D eigenvalue weighted by Crippen LogP contribution is 2.30. The van der Waals surface area contributed by atoms with Crippen molar-refractivity contribution in [3.63, 3.8) is 0 Å². The number of rotatable bonds is 5. The number of fused-ring (bicyclic) bond motifs is 1. The van der Waals surface area contributed by atoms with Crippen LogP contribution in [0.25, 0.3) is 22.0 Å². The van der Waals surface area contributed by atoms with Crippen LogP contribution in [0.1, 0.15) is 21.8 Å². The topological polar surface area (TPSA) is 78.0 Å². The SMILES string of the molecule is Cc1nn2c(=O)cc(CSc3nnc(-c4ccccc4)n3-c3ccc(C)c(C)c3)nc2s1. The zero-order valence-electron chi connectivity index (χ0n) is 17.8. The summed E-state index contributed by atoms with van der Waals surface area (Å²) >= 11 is 2.91. The molecule has 9 heteroatoms. The molecule has 0 aliphatic rings. The summed E-state index contributed by atoms with van der Waals surface area (Å²) in [5.74, 6) is 1.28. The van der Waals surface area contributed by atoms with E-state index in [0.29, 0.717) is 16.4 Å². The summed E-state index contributed by atoms with van der Waals surface area (Å²) in [6, 6.07) is 17.9. The Balaban J connectivity index is 1.54. The van der Waals surface area contributed by atoms with Gasteiger partial charge in [0.05, 0.1) is 11.4 Å². The second-order valence-electron chi connectivity index (χ2n) is 7.47. The number of hydrogen-bond donors (Lipinski definition) is 0. The summed E-state index contributed by atoms with van der Waals surface area (Å²) in [7, 11) is 0. The molecule has 0 aliphatic carbocycles. The highest BCUT2D eigenvalue weighted by molar-refractivity contribution is 7.98. The van der Waals surface area contributed by atoms with E-state index in [9.17, 15) is 4.79 Å². The number of nitrogens with zero attached hydrogens (tertiary/aromatic N) is 6. The Morgan fingerprint density at radius 3 is 2.56 bits per heavy atom. The van der Waals surface area contributed by atoms with Crippen LogP contribution in [0.5, 0.6) is 0 Å². The smallest absolute Gasteiger partial charge is 0.270 e. The van der Waals surface area contributed by atoms with E-state index in [1.54, 1.807) is 0 Å². The van der Waals surface area contributed by atoms with Gasteiger partial charge < -0.3 is 0 Å². The molecule has 0 radical (unpaired) electrons. The average Bonchev–Trinajstić information content (AvgIpc) is 3.38. The van der Waals surface area contributed by atoms with Crippen molar-refractivity contribution < 1.29 is 0 Å². The van der Waals surface area contributed by atoms with Crippen LogP contribution >= 0.6 is 23.1 Å². The van der Waals surface area contributed by atoms with Crippen LogP contribution in [0.4, 0.5) is 0 Å². The van der Waals surface area contributed by atoms with Gasteiger partial charge in [0, 0.05) is 17.4 Å². The quantitative estimate of drug-likeness (QED) is 0.356. The van der Waals surface area contributed by atoms with Crippen molar-refractivity contribution in [2.24, 2.45) is 0 Å². The van der Waals surface area contributed by atoms with Gasteiger partial charge in [0.2, 0.25) is 4.96 Å². The molecule has 0 saturated heterocycles. The highest BCUT2D eigenvalue weighted by Gasteiger charge is 2.17. The molecule has 0 fully saturated rings. The van der Waals surface area contributed by atoms with Crippen molar-refractivity contribution in [2.45, 2.75) is 31.7 Å². The van der Waals surface area contributed by atoms with Gasteiger partial charge in [-0.15, -0.1) is 10.2 Å². The number of aromatic nitrogens is 6. The van der Waals surface area contributed by atoms with Gasteiger partial charge in [-0.05, 0) is 44.0 Å². The molecule has 0 saturated carbocycles. The average molecular weight is 461 g/mol. The van der Waals surface area contributed by atoms with E-state index in [4.69, 9.17) is 0 Å². The Kier molecular flexibility index (Phi) is 5.36. The third kappa shape index (κ3) is 3.85. The Bertz CT molecular complexity index is 1490. The molecule has 160 valence electrons. The first-order valence-corrected chi connectivity index (χ1v) is 11.9. The van der Waals surface area contributed by atoms with Crippen LogP contribution in [0, 0.1) is 20.8 Å². The van der Waals surface area contributed by atoms with Gasteiger partial charge in [-0.3, -0.25) is 9.36 Å². The molecule has 0 bridgehead atoms. The van der Waals surface area contributed by atoms with Gasteiger partial charge >= 0.3 is 0 Å². The lowest BCUT2D eigenvalue weighted by atomic mass is 10.1. The molecule has 0 unspecified atom stereocenters. The lowest BCUT2D eigenvalue weighted by Crippen LogP contribution is -2.15. The maximum atomic E-state index is 12.4. The van der Waals surface area contributed by atoms with E-state index in [2.05, 4.69) is 56.9 Å². The molecular formula is C23H20N6OS2. The molecule has 5 aromatic rings. The number of aryl methyl sites for hydroxylation is 3. The predicted octanol–water partition coefficient (Wildman–Crippen LogP) is 4.62. The third-order valence-corrected chi connectivity index (χ3v) is 6.95. The minimum absolute atomic E-state index is 0.171. The second kappa shape index (κ2) is 8.33. The van der Waals surface area contributed by atoms with Gasteiger partial charge in [-0.2, -0.15) is 9.61 Å². The predicted molar refractivity (Wildman–Crippen MR) is 128 cm³/mol. The molecule has 3 aromatic heterocycles. The minimum Gasteiger partial charge on any atom is -0.270 e. The first kappa shape index (κ1) is 20.6. The maximum absolute atomic E-state index is 12.4. The first-order valence-electron chi connectivity index (χ1n) is 10.1. The molecule has 7 nitrogen and oxygen atoms in total. The Labute approximate surface area is 192 Å². The summed E-state index contributed by atoms with van der Waals surface area (Å²) in [5.41, 5.74) is 4.95. The van der Waals surface area contributed by atoms with Crippen molar-refractivity contribution in [2.75, 3.05) is 0 Å². The minimum atomic E-state index is -0.171. The van der Waals surface area contributed by atoms with E-state index in [1.807, 2.05) is 37.3 Å². The van der Waals surface area contributed by atoms with Gasteiger partial charge in [-0.25, -0.2) is 4.98 Å². The molecule has 32 heavy (non-hydrogen) atoms. The van der Waals surface area contributed by atoms with Crippen molar-refractivity contribution in [1.82, 2.24) is 29.4 Å². The van der Waals surface area contributed by atoms with Crippen LogP contribution in [0.15, 0.2) is 64.5 Å². The highest BCUT2D eigenvalue weighted by atomic mass is 32.2. The van der Waals surface area contributed by atoms with Gasteiger partial charge in [0.15, 0.2) is 11.0 Å². The second-order valence-corrected chi connectivity index (χ2v) is 9.57. The van der Waals surface area contributed by atoms with Gasteiger partial charge in [0.1, 0.15) is 5.01 Å². The summed E-state index contributed by atoms with van der Waals surface area (Å²) in [6.07, 6.45) is 0. The molecule has 3 heterocycles. The zero-order chi connectivity index (χ0) is 22.2. The van der Waals surface area contributed by atoms with Crippen molar-refractivity contribution >= 4 is 28.1 Å². The Morgan fingerprint density at radius 2 is 1.78 bits per heavy atom. The lowest BCUT2D eigenvalue weighted by Gasteiger charge is -2.12. The molecule has 2 aromatic carbocycles. The molecule has 0 N–H and O–H groups in total. The van der Waals surface area contributed by atoms with Gasteiger partial charge in [-0.1, -0.05) is 59.5 Å². The van der Waals surface area contributed by atoms with Gasteiger partial charge in [0.25, 0.3) is 5.56 Å². The normalized spacial score (nSPS) is 11.3. The maximum Gasteiger partial charge on any atom is 0.275 e. The van der Waals surface area contributed by atoms with Crippen molar-refractivity contribution in [3.05, 3.63) is 86.8 Å². The van der Waals surface area contributed by atoms with Crippen LogP contribution < -0.4 is 5.56 Å².